The van der Waals surface area contributed by atoms with Gasteiger partial charge in [-0.3, -0.25) is 9.48 Å². The highest BCUT2D eigenvalue weighted by molar-refractivity contribution is 7.18. The number of aromatic nitrogens is 3. The molecule has 0 unspecified atom stereocenters. The van der Waals surface area contributed by atoms with Crippen LogP contribution in [0.5, 0.6) is 0 Å². The third-order valence-electron chi connectivity index (χ3n) is 4.63. The monoisotopic (exact) mass is 342 g/mol. The SMILES string of the molecule is Cc1nc2ccc(C(=O)N(C)[C@H](C)c3c(C)nn(C)c3C)cc2s1. The van der Waals surface area contributed by atoms with Gasteiger partial charge < -0.3 is 4.90 Å². The number of aryl methyl sites for hydroxylation is 3. The van der Waals surface area contributed by atoms with Crippen LogP contribution in [0, 0.1) is 20.8 Å². The first-order chi connectivity index (χ1) is 11.3. The molecule has 0 aliphatic rings. The number of fused-ring (bicyclic) bond motifs is 1. The van der Waals surface area contributed by atoms with Gasteiger partial charge >= 0.3 is 0 Å². The summed E-state index contributed by atoms with van der Waals surface area (Å²) in [6.45, 7) is 8.05. The molecule has 0 saturated carbocycles. The minimum atomic E-state index is -0.0370. The van der Waals surface area contributed by atoms with E-state index in [2.05, 4.69) is 10.1 Å². The predicted molar refractivity (Wildman–Crippen MR) is 97.5 cm³/mol. The van der Waals surface area contributed by atoms with Crippen LogP contribution in [0.1, 0.15) is 45.3 Å². The van der Waals surface area contributed by atoms with Crippen molar-refractivity contribution in [1.82, 2.24) is 19.7 Å². The number of amides is 1. The van der Waals surface area contributed by atoms with Crippen molar-refractivity contribution in [2.24, 2.45) is 7.05 Å². The van der Waals surface area contributed by atoms with Crippen LogP contribution in [0.4, 0.5) is 0 Å². The zero-order valence-corrected chi connectivity index (χ0v) is 15.7. The number of rotatable bonds is 3. The Morgan fingerprint density at radius 3 is 2.62 bits per heavy atom. The van der Waals surface area contributed by atoms with Crippen molar-refractivity contribution in [2.75, 3.05) is 7.05 Å². The molecule has 126 valence electrons. The van der Waals surface area contributed by atoms with E-state index < -0.39 is 0 Å². The maximum Gasteiger partial charge on any atom is 0.254 e. The molecule has 1 atom stereocenters. The minimum Gasteiger partial charge on any atom is -0.335 e. The third kappa shape index (κ3) is 2.71. The van der Waals surface area contributed by atoms with Gasteiger partial charge in [0.25, 0.3) is 5.91 Å². The first-order valence-electron chi connectivity index (χ1n) is 7.94. The molecule has 5 nitrogen and oxygen atoms in total. The van der Waals surface area contributed by atoms with E-state index in [4.69, 9.17) is 0 Å². The normalized spacial score (nSPS) is 12.6. The van der Waals surface area contributed by atoms with Gasteiger partial charge in [0.1, 0.15) is 0 Å². The highest BCUT2D eigenvalue weighted by Gasteiger charge is 2.24. The number of hydrogen-bond donors (Lipinski definition) is 0. The van der Waals surface area contributed by atoms with Crippen molar-refractivity contribution >= 4 is 27.5 Å². The molecule has 1 amide bonds. The molecule has 0 radical (unpaired) electrons. The van der Waals surface area contributed by atoms with Crippen molar-refractivity contribution in [1.29, 1.82) is 0 Å². The van der Waals surface area contributed by atoms with Crippen LogP contribution >= 0.6 is 11.3 Å². The molecule has 2 heterocycles. The van der Waals surface area contributed by atoms with Gasteiger partial charge in [0.05, 0.1) is 27.0 Å². The Morgan fingerprint density at radius 1 is 1.29 bits per heavy atom. The molecular weight excluding hydrogens is 320 g/mol. The van der Waals surface area contributed by atoms with Crippen LogP contribution in [0.2, 0.25) is 0 Å². The van der Waals surface area contributed by atoms with Crippen molar-refractivity contribution in [3.05, 3.63) is 45.7 Å². The second-order valence-electron chi connectivity index (χ2n) is 6.22. The Hall–Kier alpha value is -2.21. The zero-order valence-electron chi connectivity index (χ0n) is 14.9. The van der Waals surface area contributed by atoms with E-state index in [1.165, 1.54) is 0 Å². The summed E-state index contributed by atoms with van der Waals surface area (Å²) >= 11 is 1.61. The summed E-state index contributed by atoms with van der Waals surface area (Å²) in [6.07, 6.45) is 0. The van der Waals surface area contributed by atoms with Gasteiger partial charge in [0.2, 0.25) is 0 Å². The lowest BCUT2D eigenvalue weighted by Gasteiger charge is -2.25. The summed E-state index contributed by atoms with van der Waals surface area (Å²) in [4.78, 5) is 19.2. The maximum absolute atomic E-state index is 12.9. The number of thiazole rings is 1. The van der Waals surface area contributed by atoms with Gasteiger partial charge in [-0.15, -0.1) is 11.3 Å². The van der Waals surface area contributed by atoms with Crippen LogP contribution in [0.25, 0.3) is 10.2 Å². The van der Waals surface area contributed by atoms with Gasteiger partial charge in [-0.2, -0.15) is 5.10 Å². The average molecular weight is 342 g/mol. The first kappa shape index (κ1) is 16.6. The van der Waals surface area contributed by atoms with Crippen molar-refractivity contribution in [2.45, 2.75) is 33.7 Å². The Morgan fingerprint density at radius 2 is 2.00 bits per heavy atom. The lowest BCUT2D eigenvalue weighted by Crippen LogP contribution is -2.30. The lowest BCUT2D eigenvalue weighted by molar-refractivity contribution is 0.0742. The fraction of sp³-hybridized carbons (Fsp3) is 0.389. The molecule has 0 N–H and O–H groups in total. The fourth-order valence-electron chi connectivity index (χ4n) is 3.14. The number of carbonyl (C=O) groups excluding carboxylic acids is 1. The largest absolute Gasteiger partial charge is 0.335 e. The maximum atomic E-state index is 12.9. The zero-order chi connectivity index (χ0) is 17.6. The standard InChI is InChI=1S/C18H22N4OS/c1-10-17(12(3)22(6)20-10)11(2)21(5)18(23)14-7-8-15-16(9-14)24-13(4)19-15/h7-9,11H,1-6H3/t11-/m1/s1. The summed E-state index contributed by atoms with van der Waals surface area (Å²) in [5.41, 5.74) is 4.82. The molecule has 1 aromatic carbocycles. The number of carbonyl (C=O) groups is 1. The average Bonchev–Trinajstić information content (AvgIpc) is 3.03. The van der Waals surface area contributed by atoms with Gasteiger partial charge in [-0.25, -0.2) is 4.98 Å². The first-order valence-corrected chi connectivity index (χ1v) is 8.75. The quantitative estimate of drug-likeness (QED) is 0.728. The lowest BCUT2D eigenvalue weighted by atomic mass is 10.0. The highest BCUT2D eigenvalue weighted by atomic mass is 32.1. The van der Waals surface area contributed by atoms with Crippen molar-refractivity contribution < 1.29 is 4.79 Å². The summed E-state index contributed by atoms with van der Waals surface area (Å²) < 4.78 is 2.92. The minimum absolute atomic E-state index is 0.0121. The summed E-state index contributed by atoms with van der Waals surface area (Å²) in [5.74, 6) is 0.0121. The van der Waals surface area contributed by atoms with E-state index in [9.17, 15) is 4.79 Å². The molecule has 24 heavy (non-hydrogen) atoms. The molecule has 0 fully saturated rings. The Labute approximate surface area is 145 Å². The van der Waals surface area contributed by atoms with Crippen LogP contribution in [0.3, 0.4) is 0 Å². The Balaban J connectivity index is 1.92. The molecule has 0 aliphatic heterocycles. The number of benzene rings is 1. The summed E-state index contributed by atoms with van der Waals surface area (Å²) in [5, 5.41) is 5.47. The molecular formula is C18H22N4OS. The van der Waals surface area contributed by atoms with Crippen LogP contribution in [0.15, 0.2) is 18.2 Å². The number of hydrogen-bond acceptors (Lipinski definition) is 4. The third-order valence-corrected chi connectivity index (χ3v) is 5.56. The van der Waals surface area contributed by atoms with Gasteiger partial charge in [0, 0.05) is 30.9 Å². The highest BCUT2D eigenvalue weighted by Crippen LogP contribution is 2.28. The van der Waals surface area contributed by atoms with Gasteiger partial charge in [-0.05, 0) is 45.9 Å². The van der Waals surface area contributed by atoms with Crippen LogP contribution in [-0.4, -0.2) is 32.6 Å². The molecule has 0 aliphatic carbocycles. The second-order valence-corrected chi connectivity index (χ2v) is 7.45. The molecule has 0 bridgehead atoms. The van der Waals surface area contributed by atoms with E-state index in [0.717, 1.165) is 32.2 Å². The number of nitrogens with zero attached hydrogens (tertiary/aromatic N) is 4. The van der Waals surface area contributed by atoms with Crippen LogP contribution < -0.4 is 0 Å². The molecule has 0 saturated heterocycles. The van der Waals surface area contributed by atoms with E-state index >= 15 is 0 Å². The fourth-order valence-corrected chi connectivity index (χ4v) is 4.01. The molecule has 3 rings (SSSR count). The molecule has 3 aromatic rings. The van der Waals surface area contributed by atoms with E-state index in [0.29, 0.717) is 5.56 Å². The van der Waals surface area contributed by atoms with Crippen molar-refractivity contribution in [3.63, 3.8) is 0 Å². The van der Waals surface area contributed by atoms with E-state index in [1.807, 2.05) is 64.7 Å². The van der Waals surface area contributed by atoms with E-state index in [-0.39, 0.29) is 11.9 Å². The summed E-state index contributed by atoms with van der Waals surface area (Å²) in [7, 11) is 3.78. The van der Waals surface area contributed by atoms with Gasteiger partial charge in [0.15, 0.2) is 0 Å². The van der Waals surface area contributed by atoms with Crippen molar-refractivity contribution in [3.8, 4) is 0 Å². The van der Waals surface area contributed by atoms with Gasteiger partial charge in [-0.1, -0.05) is 0 Å². The second kappa shape index (κ2) is 6.02. The summed E-state index contributed by atoms with van der Waals surface area (Å²) in [6, 6.07) is 5.68. The smallest absolute Gasteiger partial charge is 0.254 e. The molecule has 6 heteroatoms. The molecule has 2 aromatic heterocycles. The Bertz CT molecular complexity index is 925. The Kier molecular flexibility index (Phi) is 4.17. The van der Waals surface area contributed by atoms with Crippen LogP contribution in [-0.2, 0) is 7.05 Å². The topological polar surface area (TPSA) is 51.0 Å². The molecule has 0 spiro atoms. The van der Waals surface area contributed by atoms with E-state index in [1.54, 1.807) is 16.2 Å². The predicted octanol–water partition coefficient (Wildman–Crippen LogP) is 3.79.